The van der Waals surface area contributed by atoms with E-state index in [2.05, 4.69) is 99.0 Å². The van der Waals surface area contributed by atoms with Gasteiger partial charge in [-0.25, -0.2) is 4.57 Å². The second kappa shape index (κ2) is 64.2. The number of nitrogens with zero attached hydrogens (tertiary/aromatic N) is 1. The fraction of sp³-hybridized carbons (Fsp3) is 0.787. The first-order valence-electron chi connectivity index (χ1n) is 35.9. The largest absolute Gasteiger partial charge is 0.472 e. The van der Waals surface area contributed by atoms with Crippen LogP contribution in [0.25, 0.3) is 0 Å². The number of unbranched alkanes of at least 4 members (excludes halogenated alkanes) is 37. The van der Waals surface area contributed by atoms with Crippen molar-refractivity contribution in [1.29, 1.82) is 0 Å². The Balaban J connectivity index is 5.13. The first-order valence-corrected chi connectivity index (χ1v) is 37.4. The number of phosphoric acid groups is 1. The number of amides is 1. The van der Waals surface area contributed by atoms with Crippen LogP contribution in [0.3, 0.4) is 0 Å². The molecular weight excluding hydrogens is 1070 g/mol. The van der Waals surface area contributed by atoms with Crippen molar-refractivity contribution in [2.24, 2.45) is 0 Å². The van der Waals surface area contributed by atoms with Gasteiger partial charge in [0.25, 0.3) is 0 Å². The predicted octanol–water partition coefficient (Wildman–Crippen LogP) is 22.9. The van der Waals surface area contributed by atoms with Gasteiger partial charge in [-0.1, -0.05) is 292 Å². The van der Waals surface area contributed by atoms with Crippen LogP contribution in [0.2, 0.25) is 0 Å². The summed E-state index contributed by atoms with van der Waals surface area (Å²) in [6.45, 7) is 6.98. The van der Waals surface area contributed by atoms with Crippen LogP contribution in [0.5, 0.6) is 0 Å². The minimum Gasteiger partial charge on any atom is -0.456 e. The zero-order chi connectivity index (χ0) is 62.1. The fourth-order valence-corrected chi connectivity index (χ4v) is 11.0. The lowest BCUT2D eigenvalue weighted by molar-refractivity contribution is -0.870. The lowest BCUT2D eigenvalue weighted by Gasteiger charge is -2.27. The van der Waals surface area contributed by atoms with Gasteiger partial charge in [-0.15, -0.1) is 0 Å². The third-order valence-corrected chi connectivity index (χ3v) is 16.8. The maximum atomic E-state index is 13.6. The van der Waals surface area contributed by atoms with Gasteiger partial charge in [-0.2, -0.15) is 0 Å². The molecule has 0 saturated heterocycles. The van der Waals surface area contributed by atoms with E-state index in [1.54, 1.807) is 0 Å². The molecule has 494 valence electrons. The number of rotatable bonds is 65. The number of hydrogen-bond acceptors (Lipinski definition) is 6. The zero-order valence-corrected chi connectivity index (χ0v) is 57.5. The standard InChI is InChI=1S/C75H137N2O7P/c1-7-10-13-16-19-22-25-28-30-32-34-36-37-38-39-41-43-45-47-50-53-56-59-62-65-68-75(79)84-73(66-63-60-57-54-51-48-27-24-21-18-15-12-9-3)72(71-83-85(80,81)82-70-69-77(4,5)6)76-74(78)67-64-61-58-55-52-49-46-44-42-40-35-33-31-29-26-23-20-17-14-11-8-2/h19-20,22-23,28-31,35,40,44,46,63,66,72-73H,7-18,21,24-27,32-34,36-39,41-43,45,47-62,64-65,67-71H2,1-6H3,(H-,76,78,80,81)/p+1/b22-19-,23-20-,30-28-,31-29-,40-35-,46-44-,66-63+. The molecule has 0 aromatic rings. The van der Waals surface area contributed by atoms with E-state index >= 15 is 0 Å². The minimum atomic E-state index is -4.46. The average Bonchev–Trinajstić information content (AvgIpc) is 3.50. The Hall–Kier alpha value is -2.81. The molecule has 0 aromatic carbocycles. The molecule has 0 rings (SSSR count). The number of quaternary nitrogens is 1. The molecule has 85 heavy (non-hydrogen) atoms. The molecule has 0 aromatic heterocycles. The molecule has 0 bridgehead atoms. The number of phosphoric ester groups is 1. The molecule has 3 atom stereocenters. The molecule has 2 N–H and O–H groups in total. The summed E-state index contributed by atoms with van der Waals surface area (Å²) >= 11 is 0. The highest BCUT2D eigenvalue weighted by molar-refractivity contribution is 7.47. The van der Waals surface area contributed by atoms with Crippen LogP contribution >= 0.6 is 7.82 Å². The molecule has 10 heteroatoms. The van der Waals surface area contributed by atoms with Crippen LogP contribution < -0.4 is 5.32 Å². The Morgan fingerprint density at radius 3 is 1.09 bits per heavy atom. The maximum Gasteiger partial charge on any atom is 0.472 e. The van der Waals surface area contributed by atoms with E-state index < -0.39 is 20.0 Å². The molecule has 0 heterocycles. The molecule has 0 aliphatic heterocycles. The van der Waals surface area contributed by atoms with E-state index in [1.807, 2.05) is 33.3 Å². The van der Waals surface area contributed by atoms with Gasteiger partial charge in [0.1, 0.15) is 19.3 Å². The summed E-state index contributed by atoms with van der Waals surface area (Å²) in [5, 5.41) is 3.06. The van der Waals surface area contributed by atoms with Crippen molar-refractivity contribution in [2.75, 3.05) is 40.9 Å². The Morgan fingerprint density at radius 2 is 0.718 bits per heavy atom. The summed E-state index contributed by atoms with van der Waals surface area (Å²) in [6, 6.07) is -0.863. The Morgan fingerprint density at radius 1 is 0.412 bits per heavy atom. The number of allylic oxidation sites excluding steroid dienone is 13. The lowest BCUT2D eigenvalue weighted by atomic mass is 10.0. The van der Waals surface area contributed by atoms with Gasteiger partial charge >= 0.3 is 13.8 Å². The van der Waals surface area contributed by atoms with Crippen LogP contribution in [-0.2, 0) is 27.9 Å². The summed E-state index contributed by atoms with van der Waals surface area (Å²) in [7, 11) is 1.48. The molecule has 1 amide bonds. The first kappa shape index (κ1) is 82.2. The highest BCUT2D eigenvalue weighted by Gasteiger charge is 2.30. The van der Waals surface area contributed by atoms with Crippen LogP contribution in [0.15, 0.2) is 85.1 Å². The number of nitrogens with one attached hydrogen (secondary N) is 1. The molecular formula is C75H138N2O7P+. The summed E-state index contributed by atoms with van der Waals surface area (Å²) in [5.74, 6) is -0.518. The smallest absolute Gasteiger partial charge is 0.456 e. The Labute approximate surface area is 526 Å². The third-order valence-electron chi connectivity index (χ3n) is 15.8. The number of hydrogen-bond donors (Lipinski definition) is 2. The Bertz CT molecular complexity index is 1730. The Kier molecular flexibility index (Phi) is 62.1. The normalized spacial score (nSPS) is 14.0. The van der Waals surface area contributed by atoms with Gasteiger partial charge in [0.15, 0.2) is 0 Å². The molecule has 0 aliphatic rings. The van der Waals surface area contributed by atoms with Crippen molar-refractivity contribution in [3.05, 3.63) is 85.1 Å². The number of esters is 1. The summed E-state index contributed by atoms with van der Waals surface area (Å²) in [4.78, 5) is 37.9. The van der Waals surface area contributed by atoms with E-state index in [-0.39, 0.29) is 31.5 Å². The summed E-state index contributed by atoms with van der Waals surface area (Å²) in [6.07, 6.45) is 85.9. The van der Waals surface area contributed by atoms with Crippen LogP contribution in [0.4, 0.5) is 0 Å². The zero-order valence-electron chi connectivity index (χ0n) is 56.6. The monoisotopic (exact) mass is 1210 g/mol. The molecule has 0 spiro atoms. The predicted molar refractivity (Wildman–Crippen MR) is 369 cm³/mol. The van der Waals surface area contributed by atoms with Gasteiger partial charge in [-0.05, 0) is 109 Å². The average molecular weight is 1210 g/mol. The molecule has 0 saturated carbocycles. The van der Waals surface area contributed by atoms with Crippen molar-refractivity contribution in [1.82, 2.24) is 5.32 Å². The number of ether oxygens (including phenoxy) is 1. The van der Waals surface area contributed by atoms with Gasteiger partial charge in [-0.3, -0.25) is 18.6 Å². The molecule has 9 nitrogen and oxygen atoms in total. The van der Waals surface area contributed by atoms with E-state index in [0.717, 1.165) is 103 Å². The van der Waals surface area contributed by atoms with Crippen molar-refractivity contribution < 1.29 is 37.3 Å². The molecule has 3 unspecified atom stereocenters. The lowest BCUT2D eigenvalue weighted by Crippen LogP contribution is -2.47. The van der Waals surface area contributed by atoms with E-state index in [0.29, 0.717) is 17.4 Å². The van der Waals surface area contributed by atoms with Gasteiger partial charge < -0.3 is 19.4 Å². The van der Waals surface area contributed by atoms with E-state index in [4.69, 9.17) is 13.8 Å². The van der Waals surface area contributed by atoms with Crippen molar-refractivity contribution in [2.45, 2.75) is 341 Å². The number of likely N-dealkylation sites (N-methyl/N-ethyl adjacent to an activating group) is 1. The van der Waals surface area contributed by atoms with Gasteiger partial charge in [0, 0.05) is 12.8 Å². The fourth-order valence-electron chi connectivity index (χ4n) is 10.2. The highest BCUT2D eigenvalue weighted by atomic mass is 31.2. The van der Waals surface area contributed by atoms with Crippen molar-refractivity contribution in [3.8, 4) is 0 Å². The second-order valence-corrected chi connectivity index (χ2v) is 26.9. The van der Waals surface area contributed by atoms with E-state index in [1.165, 1.54) is 193 Å². The third kappa shape index (κ3) is 65.5. The van der Waals surface area contributed by atoms with Gasteiger partial charge in [0.2, 0.25) is 5.91 Å². The quantitative estimate of drug-likeness (QED) is 0.0205. The van der Waals surface area contributed by atoms with Crippen molar-refractivity contribution >= 4 is 19.7 Å². The molecule has 0 fully saturated rings. The van der Waals surface area contributed by atoms with Crippen LogP contribution in [-0.4, -0.2) is 74.3 Å². The number of carbonyl (C=O) groups excluding carboxylic acids is 2. The second-order valence-electron chi connectivity index (χ2n) is 25.4. The highest BCUT2D eigenvalue weighted by Crippen LogP contribution is 2.43. The summed E-state index contributed by atoms with van der Waals surface area (Å²) < 4.78 is 30.8. The van der Waals surface area contributed by atoms with Crippen LogP contribution in [0, 0.1) is 0 Å². The SMILES string of the molecule is CCCCC/C=C\C/C=C\C/C=C\C/C=C\CCCCCCCC(=O)NC(COP(=O)(O)OCC[N+](C)(C)C)C(/C=C/CCCCCCCCCCCCC)OC(=O)CCCCCCCCCCCCCCCCC/C=C\C/C=C\CCCCC. The number of carbonyl (C=O) groups is 2. The molecule has 0 aliphatic carbocycles. The minimum absolute atomic E-state index is 0.0341. The maximum absolute atomic E-state index is 13.6. The topological polar surface area (TPSA) is 111 Å². The first-order chi connectivity index (χ1) is 41.4. The summed E-state index contributed by atoms with van der Waals surface area (Å²) in [5.41, 5.74) is 0. The van der Waals surface area contributed by atoms with Gasteiger partial charge in [0.05, 0.1) is 33.8 Å². The van der Waals surface area contributed by atoms with E-state index in [9.17, 15) is 19.0 Å². The molecule has 0 radical (unpaired) electrons. The van der Waals surface area contributed by atoms with Crippen LogP contribution in [0.1, 0.15) is 329 Å². The van der Waals surface area contributed by atoms with Crippen molar-refractivity contribution in [3.63, 3.8) is 0 Å².